The lowest BCUT2D eigenvalue weighted by Crippen LogP contribution is -2.44. The molecule has 1 aliphatic carbocycles. The van der Waals surface area contributed by atoms with Crippen LogP contribution in [0.5, 0.6) is 0 Å². The third-order valence-corrected chi connectivity index (χ3v) is 10.2. The lowest BCUT2D eigenvalue weighted by atomic mass is 10.0. The first-order valence-electron chi connectivity index (χ1n) is 12.1. The monoisotopic (exact) mass is 501 g/mol. The lowest BCUT2D eigenvalue weighted by molar-refractivity contribution is -0.114. The zero-order valence-corrected chi connectivity index (χ0v) is 21.1. The van der Waals surface area contributed by atoms with Crippen LogP contribution in [0.4, 0.5) is 5.69 Å². The zero-order chi connectivity index (χ0) is 23.9. The van der Waals surface area contributed by atoms with Gasteiger partial charge in [-0.3, -0.25) is 19.4 Å². The highest BCUT2D eigenvalue weighted by Crippen LogP contribution is 2.34. The number of sulfonamides is 1. The van der Waals surface area contributed by atoms with Crippen LogP contribution < -0.4 is 4.90 Å². The third-order valence-electron chi connectivity index (χ3n) is 7.43. The second kappa shape index (κ2) is 9.53. The van der Waals surface area contributed by atoms with Gasteiger partial charge in [-0.1, -0.05) is 25.8 Å². The van der Waals surface area contributed by atoms with Crippen LogP contribution in [-0.4, -0.2) is 55.1 Å². The number of fused-ring (bicyclic) bond motifs is 1. The number of rotatable bonds is 7. The Morgan fingerprint density at radius 2 is 1.79 bits per heavy atom. The normalized spacial score (nSPS) is 20.6. The van der Waals surface area contributed by atoms with E-state index >= 15 is 0 Å². The molecule has 7 nitrogen and oxygen atoms in total. The van der Waals surface area contributed by atoms with E-state index in [-0.39, 0.29) is 10.5 Å². The molecule has 1 aromatic carbocycles. The molecule has 2 aliphatic heterocycles. The van der Waals surface area contributed by atoms with E-state index in [1.165, 1.54) is 33.0 Å². The van der Waals surface area contributed by atoms with E-state index < -0.39 is 21.7 Å². The molecule has 3 heterocycles. The molecule has 182 valence electrons. The van der Waals surface area contributed by atoms with Crippen molar-refractivity contribution in [3.63, 3.8) is 0 Å². The van der Waals surface area contributed by atoms with Crippen molar-refractivity contribution in [3.05, 3.63) is 46.2 Å². The molecule has 0 N–H and O–H groups in total. The van der Waals surface area contributed by atoms with Crippen molar-refractivity contribution in [3.8, 4) is 0 Å². The molecule has 3 aliphatic rings. The number of benzene rings is 1. The van der Waals surface area contributed by atoms with Crippen LogP contribution >= 0.6 is 11.3 Å². The first-order valence-corrected chi connectivity index (χ1v) is 14.4. The van der Waals surface area contributed by atoms with Crippen molar-refractivity contribution in [1.29, 1.82) is 0 Å². The number of ketones is 1. The maximum Gasteiger partial charge on any atom is 0.300 e. The fourth-order valence-corrected chi connectivity index (χ4v) is 7.53. The quantitative estimate of drug-likeness (QED) is 0.534. The Bertz CT molecular complexity index is 1160. The molecular formula is C25H31N3O4S2. The van der Waals surface area contributed by atoms with Crippen molar-refractivity contribution in [1.82, 2.24) is 9.21 Å². The zero-order valence-electron chi connectivity index (χ0n) is 19.5. The Hall–Kier alpha value is -2.07. The van der Waals surface area contributed by atoms with Gasteiger partial charge in [-0.25, -0.2) is 8.42 Å². The van der Waals surface area contributed by atoms with Gasteiger partial charge in [-0.15, -0.1) is 11.3 Å². The number of thiophene rings is 1. The fraction of sp³-hybridized carbons (Fsp3) is 0.520. The number of piperidine rings is 1. The lowest BCUT2D eigenvalue weighted by Gasteiger charge is -2.32. The summed E-state index contributed by atoms with van der Waals surface area (Å²) in [5.74, 6) is -0.691. The fourth-order valence-electron chi connectivity index (χ4n) is 5.30. The van der Waals surface area contributed by atoms with Gasteiger partial charge in [-0.2, -0.15) is 4.31 Å². The van der Waals surface area contributed by atoms with E-state index in [0.29, 0.717) is 37.4 Å². The van der Waals surface area contributed by atoms with E-state index in [1.54, 1.807) is 23.5 Å². The van der Waals surface area contributed by atoms with Crippen molar-refractivity contribution < 1.29 is 18.0 Å². The average Bonchev–Trinajstić information content (AvgIpc) is 3.58. The maximum absolute atomic E-state index is 13.2. The average molecular weight is 502 g/mol. The molecule has 1 saturated heterocycles. The number of nitrogens with zero attached hydrogens (tertiary/aromatic N) is 3. The minimum atomic E-state index is -3.69. The van der Waals surface area contributed by atoms with E-state index in [9.17, 15) is 18.0 Å². The second-order valence-electron chi connectivity index (χ2n) is 9.73. The Morgan fingerprint density at radius 3 is 2.47 bits per heavy atom. The highest BCUT2D eigenvalue weighted by Gasteiger charge is 2.39. The SMILES string of the molecule is CC1CCN(S(=O)(=O)c2ccc3c(c2)C(=O)C(=O)N3CN(Cc2cccs2)C2CCCC2)CC1. The minimum absolute atomic E-state index is 0.0926. The summed E-state index contributed by atoms with van der Waals surface area (Å²) in [5.41, 5.74) is 0.703. The summed E-state index contributed by atoms with van der Waals surface area (Å²) < 4.78 is 27.9. The molecule has 0 bridgehead atoms. The summed E-state index contributed by atoms with van der Waals surface area (Å²) in [6.45, 7) is 4.16. The topological polar surface area (TPSA) is 78.0 Å². The molecular weight excluding hydrogens is 470 g/mol. The maximum atomic E-state index is 13.2. The number of anilines is 1. The highest BCUT2D eigenvalue weighted by molar-refractivity contribution is 7.89. The summed E-state index contributed by atoms with van der Waals surface area (Å²) >= 11 is 1.69. The standard InChI is InChI=1S/C25H31N3O4S2/c1-18-10-12-27(13-11-18)34(31,32)21-8-9-23-22(15-21)24(29)25(30)28(23)17-26(19-5-2-3-6-19)16-20-7-4-14-33-20/h4,7-9,14-15,18-19H,2-3,5-6,10-13,16-17H2,1H3. The molecule has 1 amide bonds. The molecule has 34 heavy (non-hydrogen) atoms. The summed E-state index contributed by atoms with van der Waals surface area (Å²) in [6.07, 6.45) is 6.17. The van der Waals surface area contributed by atoms with E-state index in [0.717, 1.165) is 32.2 Å². The first kappa shape index (κ1) is 23.7. The molecule has 1 aromatic heterocycles. The Labute approximate surface area is 205 Å². The van der Waals surface area contributed by atoms with Crippen LogP contribution in [0.2, 0.25) is 0 Å². The highest BCUT2D eigenvalue weighted by atomic mass is 32.2. The predicted molar refractivity (Wildman–Crippen MR) is 132 cm³/mol. The van der Waals surface area contributed by atoms with Gasteiger partial charge in [0.25, 0.3) is 5.78 Å². The van der Waals surface area contributed by atoms with Gasteiger partial charge in [0.15, 0.2) is 0 Å². The van der Waals surface area contributed by atoms with Crippen LogP contribution in [0, 0.1) is 5.92 Å². The number of carbonyl (C=O) groups is 2. The van der Waals surface area contributed by atoms with Gasteiger partial charge >= 0.3 is 5.91 Å². The predicted octanol–water partition coefficient (Wildman–Crippen LogP) is 4.10. The molecule has 0 atom stereocenters. The Kier molecular flexibility index (Phi) is 6.63. The number of Topliss-reactive ketones (excluding diaryl/α,β-unsaturated/α-hetero) is 1. The Morgan fingerprint density at radius 1 is 1.06 bits per heavy atom. The van der Waals surface area contributed by atoms with Gasteiger partial charge < -0.3 is 0 Å². The minimum Gasteiger partial charge on any atom is -0.291 e. The third kappa shape index (κ3) is 4.46. The summed E-state index contributed by atoms with van der Waals surface area (Å²) in [4.78, 5) is 31.1. The molecule has 2 fully saturated rings. The summed E-state index contributed by atoms with van der Waals surface area (Å²) in [5, 5.41) is 2.05. The van der Waals surface area contributed by atoms with Crippen molar-refractivity contribution >= 4 is 38.7 Å². The van der Waals surface area contributed by atoms with Gasteiger partial charge in [-0.05, 0) is 61.2 Å². The van der Waals surface area contributed by atoms with Crippen LogP contribution in [0.1, 0.15) is 60.7 Å². The van der Waals surface area contributed by atoms with Crippen LogP contribution in [-0.2, 0) is 21.4 Å². The Balaban J connectivity index is 1.41. The largest absolute Gasteiger partial charge is 0.300 e. The molecule has 1 saturated carbocycles. The summed E-state index contributed by atoms with van der Waals surface area (Å²) in [7, 11) is -3.69. The smallest absolute Gasteiger partial charge is 0.291 e. The van der Waals surface area contributed by atoms with E-state index in [4.69, 9.17) is 0 Å². The molecule has 0 unspecified atom stereocenters. The number of hydrogen-bond donors (Lipinski definition) is 0. The number of carbonyl (C=O) groups excluding carboxylic acids is 2. The van der Waals surface area contributed by atoms with Crippen LogP contribution in [0.3, 0.4) is 0 Å². The number of hydrogen-bond acceptors (Lipinski definition) is 6. The van der Waals surface area contributed by atoms with Gasteiger partial charge in [0, 0.05) is 30.6 Å². The molecule has 0 spiro atoms. The van der Waals surface area contributed by atoms with Crippen LogP contribution in [0.15, 0.2) is 40.6 Å². The van der Waals surface area contributed by atoms with Gasteiger partial charge in [0.05, 0.1) is 22.8 Å². The summed E-state index contributed by atoms with van der Waals surface area (Å²) in [6, 6.07) is 9.07. The van der Waals surface area contributed by atoms with Crippen molar-refractivity contribution in [2.24, 2.45) is 5.92 Å². The number of amides is 1. The van der Waals surface area contributed by atoms with E-state index in [2.05, 4.69) is 17.9 Å². The molecule has 2 aromatic rings. The molecule has 5 rings (SSSR count). The molecule has 9 heteroatoms. The first-order chi connectivity index (χ1) is 16.3. The molecule has 0 radical (unpaired) electrons. The second-order valence-corrected chi connectivity index (χ2v) is 12.7. The van der Waals surface area contributed by atoms with E-state index in [1.807, 2.05) is 11.4 Å². The van der Waals surface area contributed by atoms with Crippen molar-refractivity contribution in [2.45, 2.75) is 62.9 Å². The van der Waals surface area contributed by atoms with Crippen molar-refractivity contribution in [2.75, 3.05) is 24.7 Å². The van der Waals surface area contributed by atoms with Gasteiger partial charge in [0.2, 0.25) is 10.0 Å². The van der Waals surface area contributed by atoms with Crippen LogP contribution in [0.25, 0.3) is 0 Å². The van der Waals surface area contributed by atoms with Gasteiger partial charge in [0.1, 0.15) is 0 Å².